The zero-order valence-corrected chi connectivity index (χ0v) is 11.2. The van der Waals surface area contributed by atoms with Crippen molar-refractivity contribution in [2.75, 3.05) is 0 Å². The van der Waals surface area contributed by atoms with Crippen molar-refractivity contribution in [3.63, 3.8) is 0 Å². The first kappa shape index (κ1) is 14.4. The molecule has 96 valence electrons. The minimum atomic E-state index is -2.30. The Morgan fingerprint density at radius 3 is 2.24 bits per heavy atom. The zero-order chi connectivity index (χ0) is 12.5. The van der Waals surface area contributed by atoms with Crippen LogP contribution >= 0.6 is 8.60 Å². The van der Waals surface area contributed by atoms with Gasteiger partial charge in [-0.3, -0.25) is 0 Å². The first-order valence-corrected chi connectivity index (χ1v) is 7.33. The maximum atomic E-state index is 8.70. The van der Waals surface area contributed by atoms with Gasteiger partial charge in [-0.2, -0.15) is 0 Å². The van der Waals surface area contributed by atoms with Gasteiger partial charge in [0.2, 0.25) is 0 Å². The molecule has 0 atom stereocenters. The second-order valence-electron chi connectivity index (χ2n) is 4.15. The summed E-state index contributed by atoms with van der Waals surface area (Å²) in [4.78, 5) is 17.4. The maximum Gasteiger partial charge on any atom is 0.391 e. The summed E-state index contributed by atoms with van der Waals surface area (Å²) in [6, 6.07) is 7.52. The summed E-state index contributed by atoms with van der Waals surface area (Å²) in [7, 11) is -2.30. The third-order valence-corrected chi connectivity index (χ3v) is 3.05. The lowest BCUT2D eigenvalue weighted by molar-refractivity contribution is 0.375. The lowest BCUT2D eigenvalue weighted by Gasteiger charge is -2.06. The first-order valence-electron chi connectivity index (χ1n) is 6.17. The molecule has 4 heteroatoms. The van der Waals surface area contributed by atoms with Crippen LogP contribution < -0.4 is 4.52 Å². The number of hydrogen-bond acceptors (Lipinski definition) is 3. The van der Waals surface area contributed by atoms with Crippen LogP contribution in [-0.2, 0) is 6.42 Å². The Morgan fingerprint density at radius 1 is 1.00 bits per heavy atom. The van der Waals surface area contributed by atoms with Crippen molar-refractivity contribution in [3.05, 3.63) is 29.8 Å². The SMILES string of the molecule is CCCCCCCc1ccc(OP(O)O)cc1. The summed E-state index contributed by atoms with van der Waals surface area (Å²) in [5.41, 5.74) is 1.27. The smallest absolute Gasteiger partial charge is 0.391 e. The summed E-state index contributed by atoms with van der Waals surface area (Å²) < 4.78 is 4.80. The van der Waals surface area contributed by atoms with Crippen molar-refractivity contribution >= 4 is 8.60 Å². The summed E-state index contributed by atoms with van der Waals surface area (Å²) in [6.45, 7) is 2.22. The van der Waals surface area contributed by atoms with Gasteiger partial charge in [0.05, 0.1) is 0 Å². The van der Waals surface area contributed by atoms with Crippen molar-refractivity contribution < 1.29 is 14.3 Å². The fraction of sp³-hybridized carbons (Fsp3) is 0.538. The topological polar surface area (TPSA) is 49.7 Å². The fourth-order valence-electron chi connectivity index (χ4n) is 1.74. The highest BCUT2D eigenvalue weighted by atomic mass is 31.2. The number of rotatable bonds is 8. The van der Waals surface area contributed by atoms with Crippen molar-refractivity contribution in [1.29, 1.82) is 0 Å². The van der Waals surface area contributed by atoms with Gasteiger partial charge >= 0.3 is 8.60 Å². The molecule has 0 bridgehead atoms. The van der Waals surface area contributed by atoms with E-state index in [1.807, 2.05) is 12.1 Å². The van der Waals surface area contributed by atoms with Gasteiger partial charge in [-0.1, -0.05) is 44.7 Å². The summed E-state index contributed by atoms with van der Waals surface area (Å²) in [6.07, 6.45) is 7.49. The number of benzene rings is 1. The molecule has 0 amide bonds. The monoisotopic (exact) mass is 256 g/mol. The van der Waals surface area contributed by atoms with Crippen LogP contribution in [0.15, 0.2) is 24.3 Å². The highest BCUT2D eigenvalue weighted by Gasteiger charge is 2.02. The molecule has 0 saturated carbocycles. The second kappa shape index (κ2) is 8.46. The standard InChI is InChI=1S/C13H21O3P/c1-2-3-4-5-6-7-12-8-10-13(11-9-12)16-17(14)15/h8-11,14-15H,2-7H2,1H3. The lowest BCUT2D eigenvalue weighted by Crippen LogP contribution is -1.88. The van der Waals surface area contributed by atoms with E-state index in [-0.39, 0.29) is 0 Å². The number of unbranched alkanes of at least 4 members (excludes halogenated alkanes) is 4. The molecule has 3 nitrogen and oxygen atoms in total. The van der Waals surface area contributed by atoms with Crippen LogP contribution in [0.3, 0.4) is 0 Å². The third-order valence-electron chi connectivity index (χ3n) is 2.68. The second-order valence-corrected chi connectivity index (χ2v) is 4.84. The molecule has 17 heavy (non-hydrogen) atoms. The van der Waals surface area contributed by atoms with Crippen LogP contribution in [0.2, 0.25) is 0 Å². The molecule has 0 heterocycles. The highest BCUT2D eigenvalue weighted by Crippen LogP contribution is 2.28. The minimum Gasteiger partial charge on any atom is -0.427 e. The van der Waals surface area contributed by atoms with E-state index in [1.54, 1.807) is 12.1 Å². The molecular formula is C13H21O3P. The molecule has 0 aliphatic rings. The van der Waals surface area contributed by atoms with Gasteiger partial charge in [-0.25, -0.2) is 0 Å². The van der Waals surface area contributed by atoms with Gasteiger partial charge in [0.25, 0.3) is 0 Å². The van der Waals surface area contributed by atoms with Gasteiger partial charge in [-0.05, 0) is 30.5 Å². The molecule has 0 radical (unpaired) electrons. The summed E-state index contributed by atoms with van der Waals surface area (Å²) in [5, 5.41) is 0. The molecule has 0 unspecified atom stereocenters. The molecule has 0 saturated heterocycles. The van der Waals surface area contributed by atoms with Gasteiger partial charge in [0, 0.05) is 0 Å². The molecule has 0 aromatic heterocycles. The van der Waals surface area contributed by atoms with E-state index in [0.717, 1.165) is 6.42 Å². The molecule has 0 fully saturated rings. The third kappa shape index (κ3) is 6.62. The minimum absolute atomic E-state index is 0.510. The number of hydrogen-bond donors (Lipinski definition) is 2. The highest BCUT2D eigenvalue weighted by molar-refractivity contribution is 7.39. The molecule has 0 aliphatic heterocycles. The molecular weight excluding hydrogens is 235 g/mol. The Hall–Kier alpha value is -0.630. The predicted molar refractivity (Wildman–Crippen MR) is 70.9 cm³/mol. The van der Waals surface area contributed by atoms with Crippen molar-refractivity contribution in [2.24, 2.45) is 0 Å². The van der Waals surface area contributed by atoms with Crippen molar-refractivity contribution in [2.45, 2.75) is 45.4 Å². The number of aryl methyl sites for hydroxylation is 1. The normalized spacial score (nSPS) is 10.8. The lowest BCUT2D eigenvalue weighted by atomic mass is 10.1. The van der Waals surface area contributed by atoms with Crippen LogP contribution in [0.5, 0.6) is 5.75 Å². The maximum absolute atomic E-state index is 8.70. The van der Waals surface area contributed by atoms with Gasteiger partial charge < -0.3 is 14.3 Å². The van der Waals surface area contributed by atoms with Crippen molar-refractivity contribution in [3.8, 4) is 5.75 Å². The Balaban J connectivity index is 2.25. The van der Waals surface area contributed by atoms with Crippen LogP contribution in [0.25, 0.3) is 0 Å². The van der Waals surface area contributed by atoms with E-state index in [2.05, 4.69) is 6.92 Å². The van der Waals surface area contributed by atoms with E-state index in [9.17, 15) is 0 Å². The Labute approximate surface area is 104 Å². The molecule has 1 aromatic carbocycles. The largest absolute Gasteiger partial charge is 0.427 e. The fourth-order valence-corrected chi connectivity index (χ4v) is 2.05. The van der Waals surface area contributed by atoms with Gasteiger partial charge in [-0.15, -0.1) is 0 Å². The van der Waals surface area contributed by atoms with Gasteiger partial charge in [0.15, 0.2) is 0 Å². The average molecular weight is 256 g/mol. The molecule has 0 spiro atoms. The summed E-state index contributed by atoms with van der Waals surface area (Å²) in [5.74, 6) is 0.510. The first-order chi connectivity index (χ1) is 8.22. The van der Waals surface area contributed by atoms with E-state index in [0.29, 0.717) is 5.75 Å². The van der Waals surface area contributed by atoms with Crippen LogP contribution in [0.1, 0.15) is 44.6 Å². The van der Waals surface area contributed by atoms with Crippen LogP contribution in [0, 0.1) is 0 Å². The zero-order valence-electron chi connectivity index (χ0n) is 10.3. The molecule has 2 N–H and O–H groups in total. The summed E-state index contributed by atoms with van der Waals surface area (Å²) >= 11 is 0. The van der Waals surface area contributed by atoms with E-state index in [1.165, 1.54) is 37.7 Å². The molecule has 1 aromatic rings. The predicted octanol–water partition coefficient (Wildman–Crippen LogP) is 3.79. The Kier molecular flexibility index (Phi) is 7.18. The van der Waals surface area contributed by atoms with Crippen LogP contribution in [-0.4, -0.2) is 9.79 Å². The van der Waals surface area contributed by atoms with E-state index >= 15 is 0 Å². The van der Waals surface area contributed by atoms with Gasteiger partial charge in [0.1, 0.15) is 5.75 Å². The van der Waals surface area contributed by atoms with E-state index < -0.39 is 8.60 Å². The van der Waals surface area contributed by atoms with E-state index in [4.69, 9.17) is 14.3 Å². The molecule has 0 aliphatic carbocycles. The molecule has 1 rings (SSSR count). The average Bonchev–Trinajstić information content (AvgIpc) is 2.30. The Bertz CT molecular complexity index is 298. The van der Waals surface area contributed by atoms with Crippen molar-refractivity contribution in [1.82, 2.24) is 0 Å². The Morgan fingerprint density at radius 2 is 1.65 bits per heavy atom. The van der Waals surface area contributed by atoms with Crippen LogP contribution in [0.4, 0.5) is 0 Å². The quantitative estimate of drug-likeness (QED) is 0.549.